The molecule has 0 saturated carbocycles. The van der Waals surface area contributed by atoms with E-state index in [0.717, 1.165) is 0 Å². The largest absolute Gasteiger partial charge is 0.445 e. The second kappa shape index (κ2) is 4.70. The van der Waals surface area contributed by atoms with Gasteiger partial charge >= 0.3 is 0 Å². The zero-order valence-electron chi connectivity index (χ0n) is 8.33. The summed E-state index contributed by atoms with van der Waals surface area (Å²) in [5.41, 5.74) is 0. The first kappa shape index (κ1) is 13.6. The second-order valence-electron chi connectivity index (χ2n) is 3.75. The number of fused-ring (bicyclic) bond motifs is 1. The van der Waals surface area contributed by atoms with Gasteiger partial charge in [-0.1, -0.05) is 34.8 Å². The predicted molar refractivity (Wildman–Crippen MR) is 60.4 cm³/mol. The number of aliphatic imine (C=N–C) groups is 1. The third-order valence-corrected chi connectivity index (χ3v) is 3.07. The molecule has 0 radical (unpaired) electrons. The maximum Gasteiger partial charge on any atom is 0.266 e. The van der Waals surface area contributed by atoms with Crippen molar-refractivity contribution >= 4 is 40.7 Å². The Kier molecular flexibility index (Phi) is 3.76. The second-order valence-corrected chi connectivity index (χ2v) is 6.03. The maximum absolute atomic E-state index is 9.78. The summed E-state index contributed by atoms with van der Waals surface area (Å²) < 4.78 is 8.46. The van der Waals surface area contributed by atoms with Gasteiger partial charge in [0, 0.05) is 0 Å². The highest BCUT2D eigenvalue weighted by Crippen LogP contribution is 2.36. The van der Waals surface area contributed by atoms with Crippen molar-refractivity contribution in [2.75, 3.05) is 6.61 Å². The normalized spacial score (nSPS) is 41.8. The lowest BCUT2D eigenvalue weighted by molar-refractivity contribution is -0.234. The first-order chi connectivity index (χ1) is 7.84. The molecule has 2 unspecified atom stereocenters. The summed E-state index contributed by atoms with van der Waals surface area (Å²) in [6.45, 7) is -0.464. The fraction of sp³-hybridized carbons (Fsp3) is 0.875. The average Bonchev–Trinajstić information content (AvgIpc) is 2.67. The predicted octanol–water partition coefficient (Wildman–Crippen LogP) is -0.407. The number of hydrogen-bond acceptors (Lipinski definition) is 6. The molecule has 0 amide bonds. The third-order valence-electron chi connectivity index (χ3n) is 2.59. The van der Waals surface area contributed by atoms with E-state index in [4.69, 9.17) is 49.4 Å². The highest BCUT2D eigenvalue weighted by atomic mass is 35.6. The minimum atomic E-state index is -1.86. The summed E-state index contributed by atoms with van der Waals surface area (Å²) in [6, 6.07) is -0.876. The van der Waals surface area contributed by atoms with Gasteiger partial charge in [-0.25, -0.2) is 4.99 Å². The van der Waals surface area contributed by atoms with Crippen LogP contribution >= 0.6 is 34.8 Å². The number of aliphatic hydroxyl groups excluding tert-OH is 3. The van der Waals surface area contributed by atoms with Gasteiger partial charge in [0.25, 0.3) is 3.79 Å². The third kappa shape index (κ3) is 2.49. The van der Waals surface area contributed by atoms with E-state index in [9.17, 15) is 10.2 Å². The van der Waals surface area contributed by atoms with Crippen LogP contribution in [-0.2, 0) is 9.47 Å². The van der Waals surface area contributed by atoms with E-state index in [1.165, 1.54) is 0 Å². The Balaban J connectivity index is 2.18. The average molecular weight is 307 g/mol. The number of aliphatic hydroxyl groups is 3. The van der Waals surface area contributed by atoms with Crippen molar-refractivity contribution < 1.29 is 24.8 Å². The quantitative estimate of drug-likeness (QED) is 0.573. The Hall–Kier alpha value is 0.180. The van der Waals surface area contributed by atoms with Crippen molar-refractivity contribution in [2.45, 2.75) is 34.4 Å². The molecule has 2 aliphatic rings. The topological polar surface area (TPSA) is 91.5 Å². The van der Waals surface area contributed by atoms with Crippen LogP contribution in [0.2, 0.25) is 0 Å². The molecule has 0 aromatic heterocycles. The van der Waals surface area contributed by atoms with Crippen LogP contribution < -0.4 is 0 Å². The van der Waals surface area contributed by atoms with Crippen molar-refractivity contribution in [3.63, 3.8) is 0 Å². The van der Waals surface area contributed by atoms with Crippen LogP contribution in [0.15, 0.2) is 4.99 Å². The molecular formula is C8H10Cl3NO5. The summed E-state index contributed by atoms with van der Waals surface area (Å²) in [5, 5.41) is 28.3. The summed E-state index contributed by atoms with van der Waals surface area (Å²) in [7, 11) is 0. The van der Waals surface area contributed by atoms with Gasteiger partial charge in [0.2, 0.25) is 12.2 Å². The molecule has 1 saturated heterocycles. The monoisotopic (exact) mass is 305 g/mol. The lowest BCUT2D eigenvalue weighted by atomic mass is 9.98. The molecule has 98 valence electrons. The Morgan fingerprint density at radius 2 is 1.88 bits per heavy atom. The van der Waals surface area contributed by atoms with Crippen molar-refractivity contribution in [1.82, 2.24) is 0 Å². The van der Waals surface area contributed by atoms with Gasteiger partial charge in [-0.3, -0.25) is 0 Å². The summed E-state index contributed by atoms with van der Waals surface area (Å²) in [4.78, 5) is 3.86. The van der Waals surface area contributed by atoms with E-state index in [0.29, 0.717) is 0 Å². The number of alkyl halides is 3. The lowest BCUT2D eigenvalue weighted by Crippen LogP contribution is -2.56. The number of hydrogen-bond donors (Lipinski definition) is 3. The minimum absolute atomic E-state index is 0.206. The molecule has 0 spiro atoms. The lowest BCUT2D eigenvalue weighted by Gasteiger charge is -2.36. The number of ether oxygens (including phenoxy) is 2. The van der Waals surface area contributed by atoms with Crippen molar-refractivity contribution in [3.05, 3.63) is 0 Å². The molecule has 17 heavy (non-hydrogen) atoms. The van der Waals surface area contributed by atoms with Crippen molar-refractivity contribution in [1.29, 1.82) is 0 Å². The Morgan fingerprint density at radius 3 is 2.41 bits per heavy atom. The molecule has 2 aliphatic heterocycles. The molecule has 9 heteroatoms. The maximum atomic E-state index is 9.78. The van der Waals surface area contributed by atoms with Crippen LogP contribution in [-0.4, -0.2) is 62.3 Å². The number of rotatable bonds is 1. The van der Waals surface area contributed by atoms with Gasteiger partial charge in [0.1, 0.15) is 24.4 Å². The van der Waals surface area contributed by atoms with Crippen LogP contribution in [0.3, 0.4) is 0 Å². The van der Waals surface area contributed by atoms with E-state index >= 15 is 0 Å². The Labute approximate surface area is 112 Å². The molecule has 5 atom stereocenters. The van der Waals surface area contributed by atoms with Crippen LogP contribution in [0.1, 0.15) is 0 Å². The fourth-order valence-corrected chi connectivity index (χ4v) is 2.00. The van der Waals surface area contributed by atoms with Crippen LogP contribution in [0.25, 0.3) is 0 Å². The summed E-state index contributed by atoms with van der Waals surface area (Å²) in [5.74, 6) is -0.206. The van der Waals surface area contributed by atoms with Crippen molar-refractivity contribution in [2.24, 2.45) is 4.99 Å². The highest BCUT2D eigenvalue weighted by molar-refractivity contribution is 6.76. The molecule has 2 rings (SSSR count). The van der Waals surface area contributed by atoms with E-state index in [1.807, 2.05) is 0 Å². The van der Waals surface area contributed by atoms with Gasteiger partial charge in [-0.2, -0.15) is 0 Å². The fourth-order valence-electron chi connectivity index (χ4n) is 1.72. The molecule has 6 nitrogen and oxygen atoms in total. The standard InChI is InChI=1S/C8H10Cl3NO5/c9-8(10,11)7-12-3-5(15)4(14)2(1-13)16-6(3)17-7/h2-6,13-15H,1H2/t2?,3?,4-,5-,6+/m1/s1. The Morgan fingerprint density at radius 1 is 1.24 bits per heavy atom. The van der Waals surface area contributed by atoms with Crippen LogP contribution in [0, 0.1) is 0 Å². The van der Waals surface area contributed by atoms with Crippen LogP contribution in [0.5, 0.6) is 0 Å². The molecule has 0 aliphatic carbocycles. The van der Waals surface area contributed by atoms with E-state index < -0.39 is 41.0 Å². The van der Waals surface area contributed by atoms with Crippen LogP contribution in [0.4, 0.5) is 0 Å². The zero-order valence-corrected chi connectivity index (χ0v) is 10.6. The molecule has 2 heterocycles. The van der Waals surface area contributed by atoms with Gasteiger partial charge in [-0.05, 0) is 0 Å². The first-order valence-corrected chi connectivity index (χ1v) is 5.92. The van der Waals surface area contributed by atoms with Gasteiger partial charge in [0.15, 0.2) is 0 Å². The van der Waals surface area contributed by atoms with E-state index in [2.05, 4.69) is 4.99 Å². The first-order valence-electron chi connectivity index (χ1n) is 4.78. The molecule has 3 N–H and O–H groups in total. The van der Waals surface area contributed by atoms with Gasteiger partial charge in [-0.15, -0.1) is 0 Å². The zero-order chi connectivity index (χ0) is 12.8. The Bertz CT molecular complexity index is 334. The van der Waals surface area contributed by atoms with E-state index in [-0.39, 0.29) is 5.90 Å². The molecule has 0 aromatic carbocycles. The number of nitrogens with zero attached hydrogens (tertiary/aromatic N) is 1. The number of halogens is 3. The van der Waals surface area contributed by atoms with Gasteiger partial charge < -0.3 is 24.8 Å². The minimum Gasteiger partial charge on any atom is -0.445 e. The molecule has 1 fully saturated rings. The summed E-state index contributed by atoms with van der Waals surface area (Å²) in [6.07, 6.45) is -4.47. The molecule has 0 bridgehead atoms. The smallest absolute Gasteiger partial charge is 0.266 e. The molecular weight excluding hydrogens is 296 g/mol. The highest BCUT2D eigenvalue weighted by Gasteiger charge is 2.51. The molecule has 0 aromatic rings. The SMILES string of the molecule is OCC1O[C@H]2OC(C(Cl)(Cl)Cl)=NC2[C@@H](O)[C@@H]1O. The van der Waals surface area contributed by atoms with E-state index in [1.54, 1.807) is 0 Å². The van der Waals surface area contributed by atoms with Gasteiger partial charge in [0.05, 0.1) is 6.61 Å². The van der Waals surface area contributed by atoms with Crippen molar-refractivity contribution in [3.8, 4) is 0 Å². The summed E-state index contributed by atoms with van der Waals surface area (Å²) >= 11 is 16.8.